The molecule has 1 heterocycles. The Morgan fingerprint density at radius 1 is 0.364 bits per heavy atom. The van der Waals surface area contributed by atoms with Gasteiger partial charge in [0.05, 0.1) is 0 Å². The van der Waals surface area contributed by atoms with E-state index < -0.39 is 0 Å². The lowest BCUT2D eigenvalue weighted by Crippen LogP contribution is -1.91. The van der Waals surface area contributed by atoms with Crippen LogP contribution in [0.1, 0.15) is 5.56 Å². The molecule has 9 rings (SSSR count). The summed E-state index contributed by atoms with van der Waals surface area (Å²) in [5.74, 6) is 0. The number of benzene rings is 8. The van der Waals surface area contributed by atoms with Gasteiger partial charge < -0.3 is 4.42 Å². The molecule has 0 N–H and O–H groups in total. The van der Waals surface area contributed by atoms with E-state index in [9.17, 15) is 0 Å². The van der Waals surface area contributed by atoms with Crippen LogP contribution in [0, 0.1) is 6.92 Å². The molecule has 44 heavy (non-hydrogen) atoms. The van der Waals surface area contributed by atoms with Crippen LogP contribution in [0.4, 0.5) is 0 Å². The van der Waals surface area contributed by atoms with E-state index in [4.69, 9.17) is 4.42 Å². The minimum atomic E-state index is 0.926. The van der Waals surface area contributed by atoms with Crippen molar-refractivity contribution in [2.75, 3.05) is 0 Å². The number of furan rings is 1. The van der Waals surface area contributed by atoms with Crippen molar-refractivity contribution < 1.29 is 4.42 Å². The third kappa shape index (κ3) is 3.80. The van der Waals surface area contributed by atoms with Gasteiger partial charge in [0.25, 0.3) is 0 Å². The molecular formula is C43H28O. The molecule has 1 nitrogen and oxygen atoms in total. The molecule has 8 aromatic carbocycles. The molecule has 0 unspecified atom stereocenters. The van der Waals surface area contributed by atoms with E-state index in [0.29, 0.717) is 0 Å². The van der Waals surface area contributed by atoms with E-state index >= 15 is 0 Å². The fraction of sp³-hybridized carbons (Fsp3) is 0.0233. The highest BCUT2D eigenvalue weighted by atomic mass is 16.3. The molecule has 1 heteroatoms. The normalized spacial score (nSPS) is 11.8. The minimum absolute atomic E-state index is 0.926. The zero-order chi connectivity index (χ0) is 29.2. The second kappa shape index (κ2) is 9.69. The summed E-state index contributed by atoms with van der Waals surface area (Å²) in [6.45, 7) is 2.10. The summed E-state index contributed by atoms with van der Waals surface area (Å²) in [5, 5.41) is 9.93. The van der Waals surface area contributed by atoms with Gasteiger partial charge in [-0.2, -0.15) is 0 Å². The summed E-state index contributed by atoms with van der Waals surface area (Å²) >= 11 is 0. The highest BCUT2D eigenvalue weighted by Gasteiger charge is 2.18. The van der Waals surface area contributed by atoms with Crippen molar-refractivity contribution in [3.63, 3.8) is 0 Å². The predicted molar refractivity (Wildman–Crippen MR) is 187 cm³/mol. The van der Waals surface area contributed by atoms with Gasteiger partial charge in [0.2, 0.25) is 0 Å². The van der Waals surface area contributed by atoms with Crippen LogP contribution < -0.4 is 0 Å². The Labute approximate surface area is 255 Å². The summed E-state index contributed by atoms with van der Waals surface area (Å²) in [7, 11) is 0. The summed E-state index contributed by atoms with van der Waals surface area (Å²) in [5.41, 5.74) is 10.5. The molecule has 0 fully saturated rings. The highest BCUT2D eigenvalue weighted by Crippen LogP contribution is 2.45. The third-order valence-electron chi connectivity index (χ3n) is 9.12. The van der Waals surface area contributed by atoms with E-state index in [-0.39, 0.29) is 0 Å². The topological polar surface area (TPSA) is 13.1 Å². The number of hydrogen-bond donors (Lipinski definition) is 0. The number of rotatable bonds is 3. The van der Waals surface area contributed by atoms with Crippen molar-refractivity contribution in [3.8, 4) is 33.4 Å². The molecule has 0 atom stereocenters. The lowest BCUT2D eigenvalue weighted by atomic mass is 9.84. The maximum atomic E-state index is 6.15. The van der Waals surface area contributed by atoms with Crippen LogP contribution in [-0.2, 0) is 0 Å². The van der Waals surface area contributed by atoms with Crippen LogP contribution in [-0.4, -0.2) is 0 Å². The first-order valence-corrected chi connectivity index (χ1v) is 15.2. The first kappa shape index (κ1) is 24.9. The average molecular weight is 561 g/mol. The van der Waals surface area contributed by atoms with Gasteiger partial charge in [0, 0.05) is 10.8 Å². The van der Waals surface area contributed by atoms with Crippen molar-refractivity contribution in [3.05, 3.63) is 157 Å². The molecule has 0 aliphatic carbocycles. The second-order valence-electron chi connectivity index (χ2n) is 11.8. The maximum absolute atomic E-state index is 6.15. The van der Waals surface area contributed by atoms with Crippen LogP contribution in [0.25, 0.3) is 87.6 Å². The molecule has 0 bridgehead atoms. The minimum Gasteiger partial charge on any atom is -0.456 e. The molecular weight excluding hydrogens is 532 g/mol. The Bertz CT molecular complexity index is 2490. The van der Waals surface area contributed by atoms with Gasteiger partial charge in [-0.05, 0) is 96.4 Å². The summed E-state index contributed by atoms with van der Waals surface area (Å²) in [6, 6.07) is 55.1. The molecule has 0 radical (unpaired) electrons. The molecule has 0 aliphatic rings. The average Bonchev–Trinajstić information content (AvgIpc) is 3.44. The molecule has 1 aromatic heterocycles. The standard InChI is InChI=1S/C43H28O/c1-27-17-23-33-39-26-31(22-24-40(39)44-41(33)25-27)28-18-20-30(21-19-28)42-35-12-4-6-14-37(35)43(38-15-7-5-13-36(38)42)34-16-8-10-29-9-2-3-11-32(29)34/h2-26H,1H3. The number of aryl methyl sites for hydroxylation is 1. The van der Waals surface area contributed by atoms with Gasteiger partial charge in [-0.25, -0.2) is 0 Å². The first-order chi connectivity index (χ1) is 21.7. The summed E-state index contributed by atoms with van der Waals surface area (Å²) in [4.78, 5) is 0. The summed E-state index contributed by atoms with van der Waals surface area (Å²) in [6.07, 6.45) is 0. The van der Waals surface area contributed by atoms with Gasteiger partial charge in [-0.3, -0.25) is 0 Å². The third-order valence-corrected chi connectivity index (χ3v) is 9.12. The molecule has 206 valence electrons. The fourth-order valence-electron chi connectivity index (χ4n) is 7.07. The molecule has 0 spiro atoms. The van der Waals surface area contributed by atoms with Crippen molar-refractivity contribution in [1.82, 2.24) is 0 Å². The van der Waals surface area contributed by atoms with Crippen LogP contribution >= 0.6 is 0 Å². The van der Waals surface area contributed by atoms with E-state index in [1.807, 2.05) is 0 Å². The summed E-state index contributed by atoms with van der Waals surface area (Å²) < 4.78 is 6.15. The van der Waals surface area contributed by atoms with E-state index in [2.05, 4.69) is 159 Å². The van der Waals surface area contributed by atoms with Gasteiger partial charge in [0.1, 0.15) is 11.2 Å². The van der Waals surface area contributed by atoms with Gasteiger partial charge in [-0.15, -0.1) is 0 Å². The Balaban J connectivity index is 1.23. The van der Waals surface area contributed by atoms with Crippen molar-refractivity contribution in [2.45, 2.75) is 6.92 Å². The van der Waals surface area contributed by atoms with E-state index in [0.717, 1.165) is 21.9 Å². The highest BCUT2D eigenvalue weighted by molar-refractivity contribution is 6.23. The lowest BCUT2D eigenvalue weighted by molar-refractivity contribution is 0.668. The van der Waals surface area contributed by atoms with Crippen LogP contribution in [0.2, 0.25) is 0 Å². The SMILES string of the molecule is Cc1ccc2c(c1)oc1ccc(-c3ccc(-c4c5ccccc5c(-c5cccc6ccccc56)c5ccccc45)cc3)cc12. The van der Waals surface area contributed by atoms with Gasteiger partial charge in [-0.1, -0.05) is 133 Å². The number of fused-ring (bicyclic) bond motifs is 6. The monoisotopic (exact) mass is 560 g/mol. The quantitative estimate of drug-likeness (QED) is 0.196. The fourth-order valence-corrected chi connectivity index (χ4v) is 7.07. The van der Waals surface area contributed by atoms with E-state index in [1.54, 1.807) is 0 Å². The van der Waals surface area contributed by atoms with Crippen molar-refractivity contribution >= 4 is 54.3 Å². The molecule has 0 saturated carbocycles. The van der Waals surface area contributed by atoms with Crippen LogP contribution in [0.3, 0.4) is 0 Å². The molecule has 9 aromatic rings. The first-order valence-electron chi connectivity index (χ1n) is 15.2. The molecule has 0 saturated heterocycles. The van der Waals surface area contributed by atoms with Crippen molar-refractivity contribution in [1.29, 1.82) is 0 Å². The Kier molecular flexibility index (Phi) is 5.48. The van der Waals surface area contributed by atoms with Gasteiger partial charge in [0.15, 0.2) is 0 Å². The zero-order valence-corrected chi connectivity index (χ0v) is 24.3. The Morgan fingerprint density at radius 3 is 1.68 bits per heavy atom. The van der Waals surface area contributed by atoms with Gasteiger partial charge >= 0.3 is 0 Å². The second-order valence-corrected chi connectivity index (χ2v) is 11.8. The molecule has 0 amide bonds. The Hall–Kier alpha value is -5.66. The zero-order valence-electron chi connectivity index (χ0n) is 24.3. The maximum Gasteiger partial charge on any atom is 0.135 e. The molecule has 0 aliphatic heterocycles. The van der Waals surface area contributed by atoms with Crippen LogP contribution in [0.5, 0.6) is 0 Å². The largest absolute Gasteiger partial charge is 0.456 e. The smallest absolute Gasteiger partial charge is 0.135 e. The lowest BCUT2D eigenvalue weighted by Gasteiger charge is -2.19. The predicted octanol–water partition coefficient (Wildman–Crippen LogP) is 12.4. The van der Waals surface area contributed by atoms with Crippen molar-refractivity contribution in [2.24, 2.45) is 0 Å². The van der Waals surface area contributed by atoms with E-state index in [1.165, 1.54) is 71.3 Å². The van der Waals surface area contributed by atoms with Crippen LogP contribution in [0.15, 0.2) is 156 Å². The Morgan fingerprint density at radius 2 is 0.955 bits per heavy atom. The number of hydrogen-bond acceptors (Lipinski definition) is 1.